The number of rotatable bonds is 5. The van der Waals surface area contributed by atoms with Gasteiger partial charge in [0.1, 0.15) is 0 Å². The van der Waals surface area contributed by atoms with Crippen molar-refractivity contribution in [2.24, 2.45) is 5.92 Å². The molecule has 0 aliphatic rings. The molecule has 5 nitrogen and oxygen atoms in total. The fraction of sp³-hybridized carbons (Fsp3) is 0.400. The van der Waals surface area contributed by atoms with E-state index in [-0.39, 0.29) is 18.2 Å². The highest BCUT2D eigenvalue weighted by atomic mass is 16.4. The average Bonchev–Trinajstić information content (AvgIpc) is 2.37. The Balaban J connectivity index is 2.95. The summed E-state index contributed by atoms with van der Waals surface area (Å²) < 4.78 is 0. The number of carbonyl (C=O) groups is 3. The molecule has 1 aromatic carbocycles. The molecule has 1 aromatic rings. The van der Waals surface area contributed by atoms with Gasteiger partial charge in [0.25, 0.3) is 5.91 Å². The lowest BCUT2D eigenvalue weighted by Crippen LogP contribution is -2.33. The van der Waals surface area contributed by atoms with Crippen molar-refractivity contribution < 1.29 is 19.5 Å². The van der Waals surface area contributed by atoms with Gasteiger partial charge in [-0.3, -0.25) is 14.4 Å². The second-order valence-electron chi connectivity index (χ2n) is 5.01. The molecule has 0 fully saturated rings. The largest absolute Gasteiger partial charge is 0.481 e. The zero-order valence-electron chi connectivity index (χ0n) is 12.1. The fourth-order valence-corrected chi connectivity index (χ4v) is 1.93. The Kier molecular flexibility index (Phi) is 5.02. The Bertz CT molecular complexity index is 551. The summed E-state index contributed by atoms with van der Waals surface area (Å²) in [5.41, 5.74) is 1.71. The maximum Gasteiger partial charge on any atom is 0.308 e. The minimum atomic E-state index is -0.946. The van der Waals surface area contributed by atoms with E-state index in [1.807, 2.05) is 0 Å². The predicted molar refractivity (Wildman–Crippen MR) is 74.9 cm³/mol. The SMILES string of the molecule is CC(=O)c1cc(C(=O)N(C)CC(C)C(=O)O)ccc1C. The number of aryl methyl sites for hydroxylation is 1. The van der Waals surface area contributed by atoms with Crippen LogP contribution in [0.5, 0.6) is 0 Å². The van der Waals surface area contributed by atoms with Gasteiger partial charge in [-0.2, -0.15) is 0 Å². The molecule has 0 aliphatic heterocycles. The smallest absolute Gasteiger partial charge is 0.308 e. The van der Waals surface area contributed by atoms with Crippen molar-refractivity contribution in [1.29, 1.82) is 0 Å². The summed E-state index contributed by atoms with van der Waals surface area (Å²) in [5, 5.41) is 8.85. The van der Waals surface area contributed by atoms with E-state index in [4.69, 9.17) is 5.11 Å². The summed E-state index contributed by atoms with van der Waals surface area (Å²) in [4.78, 5) is 35.8. The highest BCUT2D eigenvalue weighted by Crippen LogP contribution is 2.14. The summed E-state index contributed by atoms with van der Waals surface area (Å²) in [7, 11) is 1.55. The first kappa shape index (κ1) is 15.9. The lowest BCUT2D eigenvalue weighted by Gasteiger charge is -2.20. The van der Waals surface area contributed by atoms with Crippen molar-refractivity contribution in [3.05, 3.63) is 34.9 Å². The van der Waals surface area contributed by atoms with Crippen LogP contribution in [-0.2, 0) is 4.79 Å². The van der Waals surface area contributed by atoms with Crippen molar-refractivity contribution in [3.63, 3.8) is 0 Å². The maximum atomic E-state index is 12.2. The molecule has 0 aromatic heterocycles. The van der Waals surface area contributed by atoms with E-state index < -0.39 is 11.9 Å². The molecular weight excluding hydrogens is 258 g/mol. The van der Waals surface area contributed by atoms with Crippen LogP contribution in [0.4, 0.5) is 0 Å². The Morgan fingerprint density at radius 1 is 1.30 bits per heavy atom. The third-order valence-corrected chi connectivity index (χ3v) is 3.18. The van der Waals surface area contributed by atoms with Crippen LogP contribution >= 0.6 is 0 Å². The fourth-order valence-electron chi connectivity index (χ4n) is 1.93. The molecule has 1 unspecified atom stereocenters. The molecule has 0 heterocycles. The Hall–Kier alpha value is -2.17. The summed E-state index contributed by atoms with van der Waals surface area (Å²) in [5.74, 6) is -1.97. The summed E-state index contributed by atoms with van der Waals surface area (Å²) in [6.07, 6.45) is 0. The molecule has 5 heteroatoms. The molecular formula is C15H19NO4. The van der Waals surface area contributed by atoms with Crippen LogP contribution in [0, 0.1) is 12.8 Å². The molecule has 1 rings (SSSR count). The van der Waals surface area contributed by atoms with Gasteiger partial charge in [-0.25, -0.2) is 0 Å². The predicted octanol–water partition coefficient (Wildman–Crippen LogP) is 1.99. The number of hydrogen-bond donors (Lipinski definition) is 1. The van der Waals surface area contributed by atoms with Crippen molar-refractivity contribution in [2.45, 2.75) is 20.8 Å². The van der Waals surface area contributed by atoms with Gasteiger partial charge in [-0.15, -0.1) is 0 Å². The first-order valence-corrected chi connectivity index (χ1v) is 6.34. The third kappa shape index (κ3) is 3.66. The standard InChI is InChI=1S/C15H19NO4/c1-9-5-6-12(7-13(9)11(3)17)14(18)16(4)8-10(2)15(19)20/h5-7,10H,8H2,1-4H3,(H,19,20). The number of aliphatic carboxylic acids is 1. The monoisotopic (exact) mass is 277 g/mol. The molecule has 108 valence electrons. The van der Waals surface area contributed by atoms with Gasteiger partial charge in [-0.05, 0) is 31.5 Å². The lowest BCUT2D eigenvalue weighted by molar-refractivity contribution is -0.141. The van der Waals surface area contributed by atoms with Crippen molar-refractivity contribution >= 4 is 17.7 Å². The molecule has 0 bridgehead atoms. The van der Waals surface area contributed by atoms with E-state index in [0.717, 1.165) is 5.56 Å². The molecule has 20 heavy (non-hydrogen) atoms. The number of amides is 1. The molecule has 0 spiro atoms. The van der Waals surface area contributed by atoms with Gasteiger partial charge in [0.15, 0.2) is 5.78 Å². The van der Waals surface area contributed by atoms with Crippen LogP contribution < -0.4 is 0 Å². The zero-order chi connectivity index (χ0) is 15.4. The maximum absolute atomic E-state index is 12.2. The van der Waals surface area contributed by atoms with Crippen LogP contribution in [0.3, 0.4) is 0 Å². The molecule has 1 amide bonds. The van der Waals surface area contributed by atoms with Gasteiger partial charge in [0, 0.05) is 24.7 Å². The van der Waals surface area contributed by atoms with Crippen molar-refractivity contribution in [2.75, 3.05) is 13.6 Å². The van der Waals surface area contributed by atoms with Gasteiger partial charge < -0.3 is 10.0 Å². The number of nitrogens with zero attached hydrogens (tertiary/aromatic N) is 1. The third-order valence-electron chi connectivity index (χ3n) is 3.18. The summed E-state index contributed by atoms with van der Waals surface area (Å²) >= 11 is 0. The average molecular weight is 277 g/mol. The van der Waals surface area contributed by atoms with Crippen LogP contribution in [0.25, 0.3) is 0 Å². The van der Waals surface area contributed by atoms with Gasteiger partial charge in [-0.1, -0.05) is 13.0 Å². The summed E-state index contributed by atoms with van der Waals surface area (Å²) in [6, 6.07) is 4.92. The number of hydrogen-bond acceptors (Lipinski definition) is 3. The van der Waals surface area contributed by atoms with Gasteiger partial charge in [0.2, 0.25) is 0 Å². The number of benzene rings is 1. The van der Waals surface area contributed by atoms with Crippen molar-refractivity contribution in [3.8, 4) is 0 Å². The Morgan fingerprint density at radius 3 is 2.40 bits per heavy atom. The van der Waals surface area contributed by atoms with Crippen LogP contribution in [-0.4, -0.2) is 41.3 Å². The second kappa shape index (κ2) is 6.32. The highest BCUT2D eigenvalue weighted by Gasteiger charge is 2.19. The van der Waals surface area contributed by atoms with Gasteiger partial charge >= 0.3 is 5.97 Å². The van der Waals surface area contributed by atoms with E-state index >= 15 is 0 Å². The quantitative estimate of drug-likeness (QED) is 0.835. The molecule has 0 aliphatic carbocycles. The van der Waals surface area contributed by atoms with Crippen LogP contribution in [0.1, 0.15) is 40.1 Å². The van der Waals surface area contributed by atoms with E-state index in [9.17, 15) is 14.4 Å². The second-order valence-corrected chi connectivity index (χ2v) is 5.01. The Morgan fingerprint density at radius 2 is 1.90 bits per heavy atom. The molecule has 0 saturated carbocycles. The number of ketones is 1. The van der Waals surface area contributed by atoms with Gasteiger partial charge in [0.05, 0.1) is 5.92 Å². The molecule has 1 N–H and O–H groups in total. The zero-order valence-corrected chi connectivity index (χ0v) is 12.1. The first-order chi connectivity index (χ1) is 9.23. The van der Waals surface area contributed by atoms with Crippen molar-refractivity contribution in [1.82, 2.24) is 4.90 Å². The number of carboxylic acids is 1. The molecule has 1 atom stereocenters. The summed E-state index contributed by atoms with van der Waals surface area (Å²) in [6.45, 7) is 4.92. The van der Waals surface area contributed by atoms with Crippen LogP contribution in [0.15, 0.2) is 18.2 Å². The first-order valence-electron chi connectivity index (χ1n) is 6.34. The normalized spacial score (nSPS) is 11.8. The van der Waals surface area contributed by atoms with E-state index in [2.05, 4.69) is 0 Å². The number of Topliss-reactive ketones (excluding diaryl/α,β-unsaturated/α-hetero) is 1. The number of carboxylic acid groups (broad SMARTS) is 1. The Labute approximate surface area is 118 Å². The topological polar surface area (TPSA) is 74.7 Å². The van der Waals surface area contributed by atoms with E-state index in [1.54, 1.807) is 39.1 Å². The van der Waals surface area contributed by atoms with E-state index in [1.165, 1.54) is 11.8 Å². The van der Waals surface area contributed by atoms with Crippen LogP contribution in [0.2, 0.25) is 0 Å². The highest BCUT2D eigenvalue weighted by molar-refractivity contribution is 6.00. The lowest BCUT2D eigenvalue weighted by atomic mass is 10.0. The number of carbonyl (C=O) groups excluding carboxylic acids is 2. The van der Waals surface area contributed by atoms with E-state index in [0.29, 0.717) is 11.1 Å². The minimum absolute atomic E-state index is 0.0984. The minimum Gasteiger partial charge on any atom is -0.481 e. The molecule has 0 radical (unpaired) electrons. The molecule has 0 saturated heterocycles.